The fourth-order valence-electron chi connectivity index (χ4n) is 1.79. The van der Waals surface area contributed by atoms with Crippen molar-refractivity contribution >= 4 is 5.91 Å². The van der Waals surface area contributed by atoms with Crippen LogP contribution in [0.15, 0.2) is 0 Å². The maximum atomic E-state index is 10.9. The van der Waals surface area contributed by atoms with Crippen molar-refractivity contribution in [1.82, 2.24) is 0 Å². The van der Waals surface area contributed by atoms with Gasteiger partial charge in [-0.3, -0.25) is 4.79 Å². The predicted octanol–water partition coefficient (Wildman–Crippen LogP) is -0.141. The molecule has 0 radical (unpaired) electrons. The zero-order chi connectivity index (χ0) is 10.2. The number of carbonyl (C=O) groups excluding carboxylic acids is 1. The molecule has 0 aromatic heterocycles. The van der Waals surface area contributed by atoms with Crippen molar-refractivity contribution in [2.75, 3.05) is 0 Å². The number of epoxide rings is 1. The van der Waals surface area contributed by atoms with Gasteiger partial charge in [-0.25, -0.2) is 0 Å². The first-order valence-corrected chi connectivity index (χ1v) is 4.65. The minimum atomic E-state index is -0.588. The minimum Gasteiger partial charge on any atom is -0.369 e. The van der Waals surface area contributed by atoms with E-state index in [0.29, 0.717) is 5.92 Å². The highest BCUT2D eigenvalue weighted by atomic mass is 16.6. The van der Waals surface area contributed by atoms with E-state index < -0.39 is 11.9 Å². The van der Waals surface area contributed by atoms with Crippen molar-refractivity contribution in [3.63, 3.8) is 0 Å². The van der Waals surface area contributed by atoms with E-state index in [2.05, 4.69) is 0 Å². The molecular formula is C9H18N2O2. The largest absolute Gasteiger partial charge is 0.369 e. The van der Waals surface area contributed by atoms with Gasteiger partial charge in [0.05, 0.1) is 18.2 Å². The van der Waals surface area contributed by atoms with Crippen LogP contribution in [-0.2, 0) is 9.53 Å². The lowest BCUT2D eigenvalue weighted by Crippen LogP contribution is -2.47. The minimum absolute atomic E-state index is 0.0486. The highest BCUT2D eigenvalue weighted by Crippen LogP contribution is 2.34. The van der Waals surface area contributed by atoms with Gasteiger partial charge < -0.3 is 16.2 Å². The maximum absolute atomic E-state index is 10.9. The highest BCUT2D eigenvalue weighted by molar-refractivity contribution is 5.80. The first-order chi connectivity index (χ1) is 5.95. The van der Waals surface area contributed by atoms with E-state index in [1.54, 1.807) is 0 Å². The van der Waals surface area contributed by atoms with Crippen LogP contribution in [0.5, 0.6) is 0 Å². The summed E-state index contributed by atoms with van der Waals surface area (Å²) in [7, 11) is 0. The van der Waals surface area contributed by atoms with Crippen molar-refractivity contribution < 1.29 is 9.53 Å². The Kier molecular flexibility index (Phi) is 2.93. The van der Waals surface area contributed by atoms with E-state index in [0.717, 1.165) is 0 Å². The summed E-state index contributed by atoms with van der Waals surface area (Å²) < 4.78 is 5.32. The third-order valence-electron chi connectivity index (χ3n) is 2.65. The Morgan fingerprint density at radius 1 is 1.46 bits per heavy atom. The lowest BCUT2D eigenvalue weighted by atomic mass is 9.84. The molecule has 1 amide bonds. The molecule has 0 spiro atoms. The van der Waals surface area contributed by atoms with E-state index in [1.807, 2.05) is 20.8 Å². The normalized spacial score (nSPS) is 31.5. The number of rotatable bonds is 4. The van der Waals surface area contributed by atoms with Gasteiger partial charge in [0.15, 0.2) is 0 Å². The van der Waals surface area contributed by atoms with Gasteiger partial charge in [-0.15, -0.1) is 0 Å². The Labute approximate surface area is 78.6 Å². The average Bonchev–Trinajstić information content (AvgIpc) is 2.66. The van der Waals surface area contributed by atoms with Gasteiger partial charge in [-0.2, -0.15) is 0 Å². The molecule has 1 heterocycles. The third-order valence-corrected chi connectivity index (χ3v) is 2.65. The SMILES string of the molecule is CC(C)C(C1OC1C)[C@H](N)C(N)=O. The number of nitrogens with two attached hydrogens (primary N) is 2. The zero-order valence-electron chi connectivity index (χ0n) is 8.36. The second-order valence-corrected chi connectivity index (χ2v) is 4.06. The van der Waals surface area contributed by atoms with E-state index in [1.165, 1.54) is 0 Å². The maximum Gasteiger partial charge on any atom is 0.234 e. The summed E-state index contributed by atoms with van der Waals surface area (Å²) in [5, 5.41) is 0. The average molecular weight is 186 g/mol. The third kappa shape index (κ3) is 2.19. The zero-order valence-corrected chi connectivity index (χ0v) is 8.36. The molecule has 1 saturated heterocycles. The lowest BCUT2D eigenvalue weighted by molar-refractivity contribution is -0.121. The van der Waals surface area contributed by atoms with E-state index in [4.69, 9.17) is 16.2 Å². The summed E-state index contributed by atoms with van der Waals surface area (Å²) in [6.07, 6.45) is 0.334. The monoisotopic (exact) mass is 186 g/mol. The first-order valence-electron chi connectivity index (χ1n) is 4.65. The lowest BCUT2D eigenvalue weighted by Gasteiger charge is -2.23. The molecule has 1 aliphatic rings. The Morgan fingerprint density at radius 3 is 2.15 bits per heavy atom. The summed E-state index contributed by atoms with van der Waals surface area (Å²) in [5.74, 6) is -0.0775. The molecule has 0 saturated carbocycles. The van der Waals surface area contributed by atoms with Crippen LogP contribution >= 0.6 is 0 Å². The second kappa shape index (κ2) is 3.64. The topological polar surface area (TPSA) is 81.6 Å². The summed E-state index contributed by atoms with van der Waals surface area (Å²) in [5.41, 5.74) is 10.9. The van der Waals surface area contributed by atoms with Gasteiger partial charge in [0.1, 0.15) is 0 Å². The Balaban J connectivity index is 2.62. The van der Waals surface area contributed by atoms with Gasteiger partial charge in [0.2, 0.25) is 5.91 Å². The van der Waals surface area contributed by atoms with Crippen molar-refractivity contribution in [2.24, 2.45) is 23.3 Å². The van der Waals surface area contributed by atoms with Crippen LogP contribution in [0.4, 0.5) is 0 Å². The summed E-state index contributed by atoms with van der Waals surface area (Å²) in [4.78, 5) is 10.9. The van der Waals surface area contributed by atoms with Crippen LogP contribution in [0.25, 0.3) is 0 Å². The molecule has 1 rings (SSSR count). The van der Waals surface area contributed by atoms with Gasteiger partial charge >= 0.3 is 0 Å². The van der Waals surface area contributed by atoms with Gasteiger partial charge in [0.25, 0.3) is 0 Å². The molecule has 4 nitrogen and oxygen atoms in total. The van der Waals surface area contributed by atoms with Crippen LogP contribution in [0, 0.1) is 11.8 Å². The van der Waals surface area contributed by atoms with Gasteiger partial charge in [-0.05, 0) is 12.8 Å². The molecule has 0 aromatic rings. The number of amides is 1. The fraction of sp³-hybridized carbons (Fsp3) is 0.889. The van der Waals surface area contributed by atoms with Crippen LogP contribution in [0.1, 0.15) is 20.8 Å². The second-order valence-electron chi connectivity index (χ2n) is 4.06. The smallest absolute Gasteiger partial charge is 0.234 e. The summed E-state index contributed by atoms with van der Waals surface area (Å²) >= 11 is 0. The first kappa shape index (κ1) is 10.5. The summed E-state index contributed by atoms with van der Waals surface area (Å²) in [6.45, 7) is 6.04. The number of ether oxygens (including phenoxy) is 1. The van der Waals surface area contributed by atoms with Crippen LogP contribution in [0.3, 0.4) is 0 Å². The Bertz CT molecular complexity index is 206. The van der Waals surface area contributed by atoms with Crippen LogP contribution in [-0.4, -0.2) is 24.2 Å². The van der Waals surface area contributed by atoms with E-state index >= 15 is 0 Å². The molecule has 1 fully saturated rings. The van der Waals surface area contributed by atoms with Crippen molar-refractivity contribution in [3.8, 4) is 0 Å². The van der Waals surface area contributed by atoms with Crippen molar-refractivity contribution in [3.05, 3.63) is 0 Å². The van der Waals surface area contributed by atoms with E-state index in [-0.39, 0.29) is 18.1 Å². The number of hydrogen-bond acceptors (Lipinski definition) is 3. The Hall–Kier alpha value is -0.610. The van der Waals surface area contributed by atoms with Crippen molar-refractivity contribution in [1.29, 1.82) is 0 Å². The molecule has 0 aromatic carbocycles. The molecule has 0 aliphatic carbocycles. The number of carbonyl (C=O) groups is 1. The standard InChI is InChI=1S/C9H18N2O2/c1-4(2)6(7(10)9(11)12)8-5(3)13-8/h4-8H,10H2,1-3H3,(H2,11,12)/t5?,6?,7-,8?/m0/s1. The molecule has 3 unspecified atom stereocenters. The fourth-order valence-corrected chi connectivity index (χ4v) is 1.79. The Morgan fingerprint density at radius 2 is 1.92 bits per heavy atom. The van der Waals surface area contributed by atoms with Crippen LogP contribution in [0.2, 0.25) is 0 Å². The summed E-state index contributed by atoms with van der Waals surface area (Å²) in [6, 6.07) is -0.588. The number of hydrogen-bond donors (Lipinski definition) is 2. The molecular weight excluding hydrogens is 168 g/mol. The molecule has 4 atom stereocenters. The highest BCUT2D eigenvalue weighted by Gasteiger charge is 2.46. The number of primary amides is 1. The molecule has 0 bridgehead atoms. The van der Waals surface area contributed by atoms with Gasteiger partial charge in [-0.1, -0.05) is 13.8 Å². The van der Waals surface area contributed by atoms with Crippen molar-refractivity contribution in [2.45, 2.75) is 39.0 Å². The van der Waals surface area contributed by atoms with Gasteiger partial charge in [0, 0.05) is 5.92 Å². The quantitative estimate of drug-likeness (QED) is 0.599. The molecule has 13 heavy (non-hydrogen) atoms. The molecule has 4 heteroatoms. The predicted molar refractivity (Wildman–Crippen MR) is 49.8 cm³/mol. The van der Waals surface area contributed by atoms with E-state index in [9.17, 15) is 4.79 Å². The molecule has 76 valence electrons. The van der Waals surface area contributed by atoms with Crippen LogP contribution < -0.4 is 11.5 Å². The molecule has 4 N–H and O–H groups in total. The molecule has 1 aliphatic heterocycles.